The lowest BCUT2D eigenvalue weighted by molar-refractivity contribution is 0.178. The van der Waals surface area contributed by atoms with Crippen LogP contribution in [0.15, 0.2) is 34.8 Å². The smallest absolute Gasteiger partial charge is 0.0931 e. The van der Waals surface area contributed by atoms with Crippen molar-refractivity contribution in [2.45, 2.75) is 19.4 Å². The second-order valence-electron chi connectivity index (χ2n) is 3.88. The molecule has 0 amide bonds. The second kappa shape index (κ2) is 5.53. The Bertz CT molecular complexity index is 524. The summed E-state index contributed by atoms with van der Waals surface area (Å²) in [5, 5.41) is 10.2. The monoisotopic (exact) mass is 330 g/mol. The molecule has 1 aromatic carbocycles. The van der Waals surface area contributed by atoms with E-state index < -0.39 is 6.10 Å². The lowest BCUT2D eigenvalue weighted by Crippen LogP contribution is -2.03. The molecule has 2 aromatic rings. The molecular formula is C13H12BrClOS. The van der Waals surface area contributed by atoms with Crippen molar-refractivity contribution in [3.8, 4) is 0 Å². The van der Waals surface area contributed by atoms with Gasteiger partial charge in [0.25, 0.3) is 0 Å². The zero-order valence-corrected chi connectivity index (χ0v) is 12.4. The van der Waals surface area contributed by atoms with Crippen LogP contribution < -0.4 is 0 Å². The van der Waals surface area contributed by atoms with Crippen LogP contribution in [0.2, 0.25) is 4.34 Å². The summed E-state index contributed by atoms with van der Waals surface area (Å²) in [6.07, 6.45) is 0.122. The highest BCUT2D eigenvalue weighted by Crippen LogP contribution is 2.29. The molecule has 0 saturated carbocycles. The zero-order chi connectivity index (χ0) is 12.4. The molecule has 0 aliphatic carbocycles. The predicted molar refractivity (Wildman–Crippen MR) is 76.9 cm³/mol. The van der Waals surface area contributed by atoms with Crippen molar-refractivity contribution >= 4 is 38.9 Å². The maximum Gasteiger partial charge on any atom is 0.0931 e. The number of halogens is 2. The number of rotatable bonds is 3. The summed E-state index contributed by atoms with van der Waals surface area (Å²) in [5.74, 6) is 0. The van der Waals surface area contributed by atoms with Gasteiger partial charge in [-0.2, -0.15) is 0 Å². The van der Waals surface area contributed by atoms with Crippen LogP contribution in [0.25, 0.3) is 0 Å². The van der Waals surface area contributed by atoms with Gasteiger partial charge in [-0.3, -0.25) is 0 Å². The van der Waals surface area contributed by atoms with Gasteiger partial charge in [0.2, 0.25) is 0 Å². The first-order chi connectivity index (χ1) is 8.08. The van der Waals surface area contributed by atoms with E-state index in [4.69, 9.17) is 11.6 Å². The number of hydrogen-bond donors (Lipinski definition) is 1. The van der Waals surface area contributed by atoms with Crippen LogP contribution in [0.1, 0.15) is 22.1 Å². The molecule has 0 radical (unpaired) electrons. The Morgan fingerprint density at radius 1 is 1.35 bits per heavy atom. The summed E-state index contributed by atoms with van der Waals surface area (Å²) < 4.78 is 1.79. The van der Waals surface area contributed by atoms with E-state index in [2.05, 4.69) is 15.9 Å². The predicted octanol–water partition coefficient (Wildman–Crippen LogP) is 4.75. The minimum Gasteiger partial charge on any atom is -0.388 e. The summed E-state index contributed by atoms with van der Waals surface area (Å²) in [4.78, 5) is 1.10. The lowest BCUT2D eigenvalue weighted by atomic mass is 10.0. The third-order valence-corrected chi connectivity index (χ3v) is 4.80. The minimum absolute atomic E-state index is 0.484. The van der Waals surface area contributed by atoms with E-state index >= 15 is 0 Å². The number of thiophene rings is 1. The molecule has 1 aromatic heterocycles. The fourth-order valence-electron chi connectivity index (χ4n) is 1.75. The van der Waals surface area contributed by atoms with Crippen LogP contribution in [0, 0.1) is 6.92 Å². The summed E-state index contributed by atoms with van der Waals surface area (Å²) >= 11 is 10.9. The van der Waals surface area contributed by atoms with E-state index in [1.165, 1.54) is 11.3 Å². The molecule has 1 heterocycles. The van der Waals surface area contributed by atoms with Gasteiger partial charge in [0.15, 0.2) is 0 Å². The van der Waals surface area contributed by atoms with Crippen molar-refractivity contribution in [2.24, 2.45) is 0 Å². The highest BCUT2D eigenvalue weighted by atomic mass is 79.9. The fraction of sp³-hybridized carbons (Fsp3) is 0.231. The van der Waals surface area contributed by atoms with Crippen molar-refractivity contribution in [1.29, 1.82) is 0 Å². The molecule has 1 nitrogen and oxygen atoms in total. The van der Waals surface area contributed by atoms with E-state index in [1.54, 1.807) is 0 Å². The van der Waals surface area contributed by atoms with Crippen molar-refractivity contribution in [2.75, 3.05) is 0 Å². The molecule has 0 aliphatic heterocycles. The molecule has 4 heteroatoms. The SMILES string of the molecule is Cc1c(Br)cccc1C(O)Cc1ccc(Cl)s1. The first-order valence-electron chi connectivity index (χ1n) is 5.25. The molecular weight excluding hydrogens is 320 g/mol. The van der Waals surface area contributed by atoms with E-state index in [-0.39, 0.29) is 0 Å². The molecule has 1 unspecified atom stereocenters. The van der Waals surface area contributed by atoms with Gasteiger partial charge in [-0.25, -0.2) is 0 Å². The first kappa shape index (κ1) is 13.1. The van der Waals surface area contributed by atoms with Crippen LogP contribution in [0.5, 0.6) is 0 Å². The van der Waals surface area contributed by atoms with Gasteiger partial charge < -0.3 is 5.11 Å². The molecule has 17 heavy (non-hydrogen) atoms. The highest BCUT2D eigenvalue weighted by molar-refractivity contribution is 9.10. The van der Waals surface area contributed by atoms with Crippen LogP contribution in [-0.2, 0) is 6.42 Å². The molecule has 0 spiro atoms. The maximum atomic E-state index is 10.2. The molecule has 1 atom stereocenters. The van der Waals surface area contributed by atoms with E-state index in [0.29, 0.717) is 6.42 Å². The normalized spacial score (nSPS) is 12.7. The van der Waals surface area contributed by atoms with Gasteiger partial charge in [0, 0.05) is 15.8 Å². The van der Waals surface area contributed by atoms with Crippen molar-refractivity contribution in [3.63, 3.8) is 0 Å². The molecule has 0 fully saturated rings. The maximum absolute atomic E-state index is 10.2. The van der Waals surface area contributed by atoms with Crippen LogP contribution in [0.4, 0.5) is 0 Å². The summed E-state index contributed by atoms with van der Waals surface area (Å²) in [6, 6.07) is 9.70. The van der Waals surface area contributed by atoms with Crippen molar-refractivity contribution < 1.29 is 5.11 Å². The van der Waals surface area contributed by atoms with Gasteiger partial charge >= 0.3 is 0 Å². The third-order valence-electron chi connectivity index (χ3n) is 2.69. The Balaban J connectivity index is 2.20. The van der Waals surface area contributed by atoms with Crippen LogP contribution in [-0.4, -0.2) is 5.11 Å². The summed E-state index contributed by atoms with van der Waals surface area (Å²) in [7, 11) is 0. The van der Waals surface area contributed by atoms with Crippen molar-refractivity contribution in [3.05, 3.63) is 55.1 Å². The van der Waals surface area contributed by atoms with Gasteiger partial charge in [0.1, 0.15) is 0 Å². The van der Waals surface area contributed by atoms with Crippen LogP contribution in [0.3, 0.4) is 0 Å². The lowest BCUT2D eigenvalue weighted by Gasteiger charge is -2.13. The van der Waals surface area contributed by atoms with Gasteiger partial charge in [-0.15, -0.1) is 11.3 Å². The van der Waals surface area contributed by atoms with E-state index in [1.807, 2.05) is 37.3 Å². The van der Waals surface area contributed by atoms with Gasteiger partial charge in [0.05, 0.1) is 10.4 Å². The molecule has 1 N–H and O–H groups in total. The Labute approximate surface area is 118 Å². The van der Waals surface area contributed by atoms with Crippen molar-refractivity contribution in [1.82, 2.24) is 0 Å². The number of benzene rings is 1. The second-order valence-corrected chi connectivity index (χ2v) is 6.53. The fourth-order valence-corrected chi connectivity index (χ4v) is 3.25. The van der Waals surface area contributed by atoms with Gasteiger partial charge in [-0.1, -0.05) is 39.7 Å². The average Bonchev–Trinajstić information content (AvgIpc) is 2.68. The van der Waals surface area contributed by atoms with E-state index in [9.17, 15) is 5.11 Å². The average molecular weight is 332 g/mol. The van der Waals surface area contributed by atoms with Gasteiger partial charge in [-0.05, 0) is 36.2 Å². The Morgan fingerprint density at radius 3 is 2.76 bits per heavy atom. The summed E-state index contributed by atoms with van der Waals surface area (Å²) in [6.45, 7) is 2.00. The van der Waals surface area contributed by atoms with E-state index in [0.717, 1.165) is 24.8 Å². The Morgan fingerprint density at radius 2 is 2.12 bits per heavy atom. The number of aliphatic hydroxyl groups excluding tert-OH is 1. The van der Waals surface area contributed by atoms with Crippen LogP contribution >= 0.6 is 38.9 Å². The Hall–Kier alpha value is -0.350. The number of aliphatic hydroxyl groups is 1. The number of hydrogen-bond acceptors (Lipinski definition) is 2. The molecule has 0 saturated heterocycles. The standard InChI is InChI=1S/C13H12BrClOS/c1-8-10(3-2-4-11(8)14)12(16)7-9-5-6-13(15)17-9/h2-6,12,16H,7H2,1H3. The largest absolute Gasteiger partial charge is 0.388 e. The quantitative estimate of drug-likeness (QED) is 0.860. The summed E-state index contributed by atoms with van der Waals surface area (Å²) in [5.41, 5.74) is 2.05. The topological polar surface area (TPSA) is 20.2 Å². The third kappa shape index (κ3) is 3.10. The minimum atomic E-state index is -0.484. The Kier molecular flexibility index (Phi) is 4.26. The highest BCUT2D eigenvalue weighted by Gasteiger charge is 2.13. The molecule has 0 aliphatic rings. The zero-order valence-electron chi connectivity index (χ0n) is 9.28. The molecule has 0 bridgehead atoms. The molecule has 90 valence electrons. The first-order valence-corrected chi connectivity index (χ1v) is 7.24. The molecule has 2 rings (SSSR count).